The van der Waals surface area contributed by atoms with E-state index in [0.29, 0.717) is 18.3 Å². The van der Waals surface area contributed by atoms with Crippen molar-refractivity contribution in [3.8, 4) is 0 Å². The predicted molar refractivity (Wildman–Crippen MR) is 168 cm³/mol. The van der Waals surface area contributed by atoms with Gasteiger partial charge in [-0.3, -0.25) is 4.79 Å². The lowest BCUT2D eigenvalue weighted by Crippen LogP contribution is -2.59. The van der Waals surface area contributed by atoms with Crippen LogP contribution in [0.25, 0.3) is 0 Å². The maximum absolute atomic E-state index is 13.4. The fourth-order valence-electron chi connectivity index (χ4n) is 12.5. The van der Waals surface area contributed by atoms with Crippen LogP contribution in [0.3, 0.4) is 0 Å². The Morgan fingerprint density at radius 1 is 0.935 bits per heavy atom. The van der Waals surface area contributed by atoms with Crippen LogP contribution in [0.4, 0.5) is 0 Å². The molecule has 1 heterocycles. The van der Waals surface area contributed by atoms with E-state index in [0.717, 1.165) is 51.4 Å². The van der Waals surface area contributed by atoms with E-state index >= 15 is 0 Å². The van der Waals surface area contributed by atoms with Crippen LogP contribution in [0.5, 0.6) is 0 Å². The number of carbonyl (C=O) groups is 1. The summed E-state index contributed by atoms with van der Waals surface area (Å²) in [5.41, 5.74) is -0.862. The minimum absolute atomic E-state index is 0.00143. The van der Waals surface area contributed by atoms with Crippen molar-refractivity contribution in [1.82, 2.24) is 0 Å². The van der Waals surface area contributed by atoms with Gasteiger partial charge in [0, 0.05) is 18.8 Å². The molecule has 0 amide bonds. The minimum atomic E-state index is -1.51. The molecular formula is C36H60O10. The van der Waals surface area contributed by atoms with E-state index in [9.17, 15) is 40.5 Å². The number of hydrogen-bond acceptors (Lipinski definition) is 10. The maximum atomic E-state index is 13.4. The summed E-state index contributed by atoms with van der Waals surface area (Å²) in [5.74, 6) is 0.746. The highest BCUT2D eigenvalue weighted by Crippen LogP contribution is 2.88. The molecule has 0 bridgehead atoms. The molecule has 1 saturated heterocycles. The Balaban J connectivity index is 1.17. The van der Waals surface area contributed by atoms with Crippen LogP contribution in [0.1, 0.15) is 98.8 Å². The Labute approximate surface area is 273 Å². The number of ether oxygens (including phenoxy) is 2. The van der Waals surface area contributed by atoms with Gasteiger partial charge in [0.25, 0.3) is 0 Å². The Bertz CT molecular complexity index is 1150. The number of fused-ring (bicyclic) bond motifs is 2. The third kappa shape index (κ3) is 4.86. The van der Waals surface area contributed by atoms with Crippen LogP contribution in [-0.2, 0) is 14.3 Å². The van der Waals surface area contributed by atoms with Gasteiger partial charge >= 0.3 is 0 Å². The van der Waals surface area contributed by atoms with Crippen LogP contribution in [0, 0.1) is 57.2 Å². The number of carbonyl (C=O) groups excluding carboxylic acids is 1. The molecule has 0 aromatic rings. The van der Waals surface area contributed by atoms with Gasteiger partial charge in [-0.25, -0.2) is 0 Å². The lowest BCUT2D eigenvalue weighted by Gasteiger charge is -2.62. The SMILES string of the molecule is CC(C)C(O)(CO)CC(O)[C@@H](C)[C@H]1CC[C@@]2(C)[C@@H]3CC[C@H]4[C@H](CO[C@@H]5O[C@H](CO)[C@@H](O)[C@H](O)[C@H]5O)C(=O)CC[C@@]45C[C@@]35CC[C@]12C. The average molecular weight is 653 g/mol. The zero-order valence-electron chi connectivity index (χ0n) is 28.5. The number of aliphatic hydroxyl groups excluding tert-OH is 6. The first-order valence-electron chi connectivity index (χ1n) is 18.0. The van der Waals surface area contributed by atoms with Crippen LogP contribution < -0.4 is 0 Å². The molecule has 2 unspecified atom stereocenters. The quantitative estimate of drug-likeness (QED) is 0.185. The van der Waals surface area contributed by atoms with E-state index in [1.165, 1.54) is 0 Å². The second-order valence-electron chi connectivity index (χ2n) is 17.4. The van der Waals surface area contributed by atoms with Crippen LogP contribution in [0.15, 0.2) is 0 Å². The fraction of sp³-hybridized carbons (Fsp3) is 0.972. The van der Waals surface area contributed by atoms with Gasteiger partial charge in [-0.15, -0.1) is 0 Å². The van der Waals surface area contributed by atoms with Gasteiger partial charge in [-0.2, -0.15) is 0 Å². The van der Waals surface area contributed by atoms with E-state index in [-0.39, 0.29) is 70.7 Å². The Morgan fingerprint density at radius 3 is 2.30 bits per heavy atom. The minimum Gasteiger partial charge on any atom is -0.394 e. The molecule has 5 aliphatic carbocycles. The molecule has 10 nitrogen and oxygen atoms in total. The van der Waals surface area contributed by atoms with E-state index in [4.69, 9.17) is 9.47 Å². The summed E-state index contributed by atoms with van der Waals surface area (Å²) in [7, 11) is 0. The summed E-state index contributed by atoms with van der Waals surface area (Å²) in [6.07, 6.45) is 1.60. The third-order valence-electron chi connectivity index (χ3n) is 15.8. The Kier molecular flexibility index (Phi) is 9.15. The molecule has 10 heteroatoms. The fourth-order valence-corrected chi connectivity index (χ4v) is 12.5. The monoisotopic (exact) mass is 652 g/mol. The second kappa shape index (κ2) is 12.0. The van der Waals surface area contributed by atoms with Crippen molar-refractivity contribution in [2.75, 3.05) is 19.8 Å². The highest BCUT2D eigenvalue weighted by molar-refractivity contribution is 5.83. The largest absolute Gasteiger partial charge is 0.394 e. The standard InChI is InChI=1S/C36H60O10/c1-19(2)36(44,18-38)14-25(40)20(3)22-8-10-33(5)27-7-6-23-21(16-45-31-30(43)29(42)28(41)26(15-37)46-31)24(39)9-11-34(23)17-35(27,34)13-12-32(22,33)4/h19-23,25-31,37-38,40-44H,6-18H2,1-5H3/t20-,21-,22+,23-,25?,26+,27-,28+,29-,30+,31+,32+,33-,34+,35-,36?/m0/s1. The molecule has 6 rings (SSSR count). The van der Waals surface area contributed by atoms with Crippen molar-refractivity contribution in [3.05, 3.63) is 0 Å². The molecule has 5 saturated carbocycles. The molecule has 16 atom stereocenters. The lowest BCUT2D eigenvalue weighted by molar-refractivity contribution is -0.304. The topological polar surface area (TPSA) is 177 Å². The van der Waals surface area contributed by atoms with E-state index < -0.39 is 49.0 Å². The number of aliphatic hydroxyl groups is 7. The lowest BCUT2D eigenvalue weighted by atomic mass is 9.43. The predicted octanol–water partition coefficient (Wildman–Crippen LogP) is 2.17. The van der Waals surface area contributed by atoms with Crippen molar-refractivity contribution in [1.29, 1.82) is 0 Å². The highest BCUT2D eigenvalue weighted by Gasteiger charge is 2.81. The van der Waals surface area contributed by atoms with Crippen molar-refractivity contribution >= 4 is 5.78 Å². The van der Waals surface area contributed by atoms with Crippen molar-refractivity contribution in [2.24, 2.45) is 57.2 Å². The van der Waals surface area contributed by atoms with E-state index in [1.807, 2.05) is 13.8 Å². The summed E-state index contributed by atoms with van der Waals surface area (Å²) < 4.78 is 11.6. The number of Topliss-reactive ketones (excluding diaryl/α,β-unsaturated/α-hetero) is 1. The smallest absolute Gasteiger partial charge is 0.186 e. The molecule has 2 spiro atoms. The van der Waals surface area contributed by atoms with Gasteiger partial charge in [0.15, 0.2) is 6.29 Å². The molecule has 0 radical (unpaired) electrons. The first kappa shape index (κ1) is 35.1. The molecule has 6 fully saturated rings. The second-order valence-corrected chi connectivity index (χ2v) is 17.4. The van der Waals surface area contributed by atoms with Crippen molar-refractivity contribution < 1.29 is 50.0 Å². The number of ketones is 1. The van der Waals surface area contributed by atoms with Gasteiger partial charge in [0.1, 0.15) is 30.2 Å². The maximum Gasteiger partial charge on any atom is 0.186 e. The van der Waals surface area contributed by atoms with Gasteiger partial charge in [0.05, 0.1) is 31.5 Å². The first-order chi connectivity index (χ1) is 21.6. The van der Waals surface area contributed by atoms with Gasteiger partial charge in [-0.1, -0.05) is 34.6 Å². The zero-order valence-corrected chi connectivity index (χ0v) is 28.5. The van der Waals surface area contributed by atoms with E-state index in [2.05, 4.69) is 20.8 Å². The normalized spacial score (nSPS) is 51.0. The molecule has 1 aliphatic heterocycles. The molecule has 0 aromatic carbocycles. The van der Waals surface area contributed by atoms with Crippen LogP contribution in [0.2, 0.25) is 0 Å². The molecular weight excluding hydrogens is 592 g/mol. The summed E-state index contributed by atoms with van der Waals surface area (Å²) in [4.78, 5) is 13.4. The molecule has 264 valence electrons. The number of rotatable bonds is 10. The summed E-state index contributed by atoms with van der Waals surface area (Å²) in [6.45, 7) is 10.0. The average Bonchev–Trinajstić information content (AvgIpc) is 3.61. The summed E-state index contributed by atoms with van der Waals surface area (Å²) in [6, 6.07) is 0. The Morgan fingerprint density at radius 2 is 1.65 bits per heavy atom. The summed E-state index contributed by atoms with van der Waals surface area (Å²) in [5, 5.41) is 72.9. The van der Waals surface area contributed by atoms with Crippen LogP contribution >= 0.6 is 0 Å². The summed E-state index contributed by atoms with van der Waals surface area (Å²) >= 11 is 0. The molecule has 0 aromatic heterocycles. The Hall–Kier alpha value is -0.690. The number of hydrogen-bond donors (Lipinski definition) is 7. The molecule has 6 aliphatic rings. The van der Waals surface area contributed by atoms with Crippen molar-refractivity contribution in [3.63, 3.8) is 0 Å². The third-order valence-corrected chi connectivity index (χ3v) is 15.8. The van der Waals surface area contributed by atoms with E-state index in [1.54, 1.807) is 0 Å². The highest BCUT2D eigenvalue weighted by atomic mass is 16.7. The zero-order chi connectivity index (χ0) is 33.6. The molecule has 7 N–H and O–H groups in total. The van der Waals surface area contributed by atoms with Gasteiger partial charge in [0.2, 0.25) is 0 Å². The van der Waals surface area contributed by atoms with Crippen LogP contribution in [-0.4, -0.2) is 104 Å². The first-order valence-corrected chi connectivity index (χ1v) is 18.0. The van der Waals surface area contributed by atoms with Crippen molar-refractivity contribution in [2.45, 2.75) is 141 Å². The van der Waals surface area contributed by atoms with Gasteiger partial charge in [-0.05, 0) is 103 Å². The molecule has 46 heavy (non-hydrogen) atoms. The van der Waals surface area contributed by atoms with Gasteiger partial charge < -0.3 is 45.2 Å².